The second kappa shape index (κ2) is 5.77. The predicted octanol–water partition coefficient (Wildman–Crippen LogP) is 1.69. The molecule has 1 aliphatic rings. The lowest BCUT2D eigenvalue weighted by Gasteiger charge is -2.20. The highest BCUT2D eigenvalue weighted by Crippen LogP contribution is 2.24. The maximum absolute atomic E-state index is 9.23. The van der Waals surface area contributed by atoms with Crippen LogP contribution in [0.4, 0.5) is 0 Å². The number of hydrogen-bond acceptors (Lipinski definition) is 2. The molecule has 0 aromatic heterocycles. The van der Waals surface area contributed by atoms with E-state index in [1.54, 1.807) is 0 Å². The molecule has 0 aliphatic carbocycles. The third kappa shape index (κ3) is 3.91. The van der Waals surface area contributed by atoms with Gasteiger partial charge in [-0.15, -0.1) is 30.1 Å². The molecule has 0 aromatic rings. The quantitative estimate of drug-likeness (QED) is 0.590. The van der Waals surface area contributed by atoms with Crippen molar-refractivity contribution in [3.05, 3.63) is 0 Å². The van der Waals surface area contributed by atoms with Gasteiger partial charge in [0.1, 0.15) is 0 Å². The van der Waals surface area contributed by atoms with Gasteiger partial charge in [-0.3, -0.25) is 0 Å². The summed E-state index contributed by atoms with van der Waals surface area (Å²) in [5.41, 5.74) is 0. The van der Waals surface area contributed by atoms with E-state index < -0.39 is 0 Å². The lowest BCUT2D eigenvalue weighted by Crippen LogP contribution is -2.20. The first-order valence-corrected chi connectivity index (χ1v) is 4.59. The van der Waals surface area contributed by atoms with Gasteiger partial charge < -0.3 is 5.11 Å². The molecule has 0 aromatic carbocycles. The lowest BCUT2D eigenvalue weighted by atomic mass is 10.1. The van der Waals surface area contributed by atoms with E-state index in [9.17, 15) is 5.11 Å². The molecule has 1 heterocycles. The van der Waals surface area contributed by atoms with E-state index in [0.717, 1.165) is 18.6 Å². The van der Waals surface area contributed by atoms with E-state index >= 15 is 0 Å². The Hall–Kier alpha value is 0.160. The van der Waals surface area contributed by atoms with Crippen LogP contribution < -0.4 is 0 Å². The first kappa shape index (κ1) is 11.2. The molecule has 1 nitrogen and oxygen atoms in total. The van der Waals surface area contributed by atoms with Gasteiger partial charge in [0, 0.05) is 0 Å². The van der Waals surface area contributed by atoms with Crippen LogP contribution in [-0.4, -0.2) is 22.2 Å². The number of thioether (sulfide) groups is 1. The molecule has 1 rings (SSSR count). The summed E-state index contributed by atoms with van der Waals surface area (Å²) in [5, 5.41) is 9.61. The van der Waals surface area contributed by atoms with Crippen molar-refractivity contribution in [2.75, 3.05) is 5.75 Å². The summed E-state index contributed by atoms with van der Waals surface area (Å²) >= 11 is 1.86. The minimum atomic E-state index is -0.105. The molecule has 1 N–H and O–H groups in total. The van der Waals surface area contributed by atoms with Gasteiger partial charge in [-0.1, -0.05) is 5.92 Å². The van der Waals surface area contributed by atoms with Crippen molar-refractivity contribution in [3.8, 4) is 11.8 Å². The maximum Gasteiger partial charge on any atom is 0.0681 e. The maximum atomic E-state index is 9.23. The van der Waals surface area contributed by atoms with E-state index in [1.165, 1.54) is 0 Å². The second-order valence-electron chi connectivity index (χ2n) is 2.43. The van der Waals surface area contributed by atoms with Gasteiger partial charge in [0.05, 0.1) is 11.4 Å². The number of aliphatic hydroxyl groups is 1. The van der Waals surface area contributed by atoms with Gasteiger partial charge in [0.2, 0.25) is 0 Å². The molecule has 1 saturated heterocycles. The highest BCUT2D eigenvalue weighted by Gasteiger charge is 2.18. The van der Waals surface area contributed by atoms with E-state index in [0.29, 0.717) is 5.25 Å². The van der Waals surface area contributed by atoms with Crippen molar-refractivity contribution in [2.45, 2.75) is 31.1 Å². The fourth-order valence-electron chi connectivity index (χ4n) is 1.04. The van der Waals surface area contributed by atoms with Crippen LogP contribution in [0.15, 0.2) is 0 Å². The van der Waals surface area contributed by atoms with Crippen LogP contribution in [0, 0.1) is 11.8 Å². The SMILES string of the molecule is CC#CC1CC(O)CCS1.Cl. The Morgan fingerprint density at radius 2 is 2.27 bits per heavy atom. The van der Waals surface area contributed by atoms with E-state index in [4.69, 9.17) is 0 Å². The largest absolute Gasteiger partial charge is 0.393 e. The molecule has 1 aliphatic heterocycles. The summed E-state index contributed by atoms with van der Waals surface area (Å²) < 4.78 is 0. The molecule has 0 bridgehead atoms. The standard InChI is InChI=1S/C8H12OS.ClH/c1-2-3-8-6-7(9)4-5-10-8;/h7-9H,4-6H2,1H3;1H. The normalized spacial score (nSPS) is 29.6. The van der Waals surface area contributed by atoms with Crippen LogP contribution in [0.5, 0.6) is 0 Å². The fourth-order valence-corrected chi connectivity index (χ4v) is 2.29. The third-order valence-corrected chi connectivity index (χ3v) is 2.75. The zero-order valence-electron chi connectivity index (χ0n) is 6.54. The van der Waals surface area contributed by atoms with Gasteiger partial charge in [-0.2, -0.15) is 0 Å². The summed E-state index contributed by atoms with van der Waals surface area (Å²) in [4.78, 5) is 0. The number of hydrogen-bond donors (Lipinski definition) is 1. The van der Waals surface area contributed by atoms with Crippen molar-refractivity contribution >= 4 is 24.2 Å². The molecule has 0 saturated carbocycles. The second-order valence-corrected chi connectivity index (χ2v) is 3.74. The monoisotopic (exact) mass is 192 g/mol. The number of aliphatic hydroxyl groups excluding tert-OH is 1. The van der Waals surface area contributed by atoms with E-state index in [1.807, 2.05) is 18.7 Å². The molecule has 0 radical (unpaired) electrons. The molecule has 0 amide bonds. The Morgan fingerprint density at radius 1 is 1.55 bits per heavy atom. The fraction of sp³-hybridized carbons (Fsp3) is 0.750. The van der Waals surface area contributed by atoms with Crippen LogP contribution in [-0.2, 0) is 0 Å². The Kier molecular flexibility index (Phi) is 5.85. The molecule has 0 spiro atoms. The molecular weight excluding hydrogens is 180 g/mol. The summed E-state index contributed by atoms with van der Waals surface area (Å²) in [6, 6.07) is 0. The lowest BCUT2D eigenvalue weighted by molar-refractivity contribution is 0.161. The number of rotatable bonds is 0. The Balaban J connectivity index is 0.000001000. The van der Waals surface area contributed by atoms with E-state index in [2.05, 4.69) is 11.8 Å². The summed E-state index contributed by atoms with van der Waals surface area (Å²) in [6.07, 6.45) is 1.69. The smallest absolute Gasteiger partial charge is 0.0681 e. The van der Waals surface area contributed by atoms with Crippen molar-refractivity contribution < 1.29 is 5.11 Å². The van der Waals surface area contributed by atoms with Crippen molar-refractivity contribution in [1.82, 2.24) is 0 Å². The van der Waals surface area contributed by atoms with Gasteiger partial charge in [0.25, 0.3) is 0 Å². The van der Waals surface area contributed by atoms with Gasteiger partial charge >= 0.3 is 0 Å². The summed E-state index contributed by atoms with van der Waals surface area (Å²) in [5.74, 6) is 7.00. The van der Waals surface area contributed by atoms with Gasteiger partial charge in [-0.05, 0) is 25.5 Å². The molecule has 64 valence electrons. The predicted molar refractivity (Wildman–Crippen MR) is 52.2 cm³/mol. The van der Waals surface area contributed by atoms with Crippen LogP contribution in [0.25, 0.3) is 0 Å². The average molecular weight is 193 g/mol. The summed E-state index contributed by atoms with van der Waals surface area (Å²) in [6.45, 7) is 1.85. The zero-order chi connectivity index (χ0) is 7.40. The Morgan fingerprint density at radius 3 is 2.82 bits per heavy atom. The van der Waals surface area contributed by atoms with Crippen LogP contribution in [0.3, 0.4) is 0 Å². The summed E-state index contributed by atoms with van der Waals surface area (Å²) in [7, 11) is 0. The van der Waals surface area contributed by atoms with Gasteiger partial charge in [0.15, 0.2) is 0 Å². The Bertz CT molecular complexity index is 161. The minimum Gasteiger partial charge on any atom is -0.393 e. The van der Waals surface area contributed by atoms with Gasteiger partial charge in [-0.25, -0.2) is 0 Å². The minimum absolute atomic E-state index is 0. The zero-order valence-corrected chi connectivity index (χ0v) is 8.17. The van der Waals surface area contributed by atoms with Crippen LogP contribution in [0.1, 0.15) is 19.8 Å². The molecule has 1 fully saturated rings. The number of halogens is 1. The first-order chi connectivity index (χ1) is 4.83. The van der Waals surface area contributed by atoms with Crippen LogP contribution >= 0.6 is 24.2 Å². The highest BCUT2D eigenvalue weighted by molar-refractivity contribution is 8.00. The van der Waals surface area contributed by atoms with Crippen molar-refractivity contribution in [3.63, 3.8) is 0 Å². The first-order valence-electron chi connectivity index (χ1n) is 3.55. The highest BCUT2D eigenvalue weighted by atomic mass is 35.5. The topological polar surface area (TPSA) is 20.2 Å². The van der Waals surface area contributed by atoms with E-state index in [-0.39, 0.29) is 18.5 Å². The van der Waals surface area contributed by atoms with Crippen LogP contribution in [0.2, 0.25) is 0 Å². The third-order valence-electron chi connectivity index (χ3n) is 1.56. The van der Waals surface area contributed by atoms with Crippen molar-refractivity contribution in [2.24, 2.45) is 0 Å². The average Bonchev–Trinajstić information content (AvgIpc) is 1.88. The molecule has 11 heavy (non-hydrogen) atoms. The molecule has 2 unspecified atom stereocenters. The molecular formula is C8H13ClOS. The Labute approximate surface area is 78.4 Å². The molecule has 3 heteroatoms. The van der Waals surface area contributed by atoms with Crippen molar-refractivity contribution in [1.29, 1.82) is 0 Å². The molecule has 2 atom stereocenters.